The molecule has 0 bridgehead atoms. The van der Waals surface area contributed by atoms with Gasteiger partial charge in [-0.05, 0) is 49.4 Å². The van der Waals surface area contributed by atoms with Crippen molar-refractivity contribution in [3.8, 4) is 5.69 Å². The highest BCUT2D eigenvalue weighted by Crippen LogP contribution is 2.14. The number of nitrogens with one attached hydrogen (secondary N) is 2. The zero-order chi connectivity index (χ0) is 14.8. The van der Waals surface area contributed by atoms with Crippen LogP contribution in [0.1, 0.15) is 20.8 Å². The Bertz CT molecular complexity index is 668. The molecule has 0 aliphatic carbocycles. The molecule has 1 heterocycles. The van der Waals surface area contributed by atoms with Gasteiger partial charge in [-0.25, -0.2) is 14.7 Å². The first-order valence-electron chi connectivity index (χ1n) is 5.96. The van der Waals surface area contributed by atoms with Crippen LogP contribution in [0.15, 0.2) is 29.1 Å². The van der Waals surface area contributed by atoms with E-state index in [4.69, 9.17) is 4.74 Å². The Morgan fingerprint density at radius 3 is 2.75 bits per heavy atom. The van der Waals surface area contributed by atoms with Gasteiger partial charge in [-0.1, -0.05) is 6.07 Å². The lowest BCUT2D eigenvalue weighted by molar-refractivity contribution is 0.0636. The summed E-state index contributed by atoms with van der Waals surface area (Å²) in [5, 5.41) is 11.8. The minimum absolute atomic E-state index is 0.459. The number of carbonyl (C=O) groups is 1. The van der Waals surface area contributed by atoms with Gasteiger partial charge in [0.25, 0.3) is 0 Å². The largest absolute Gasteiger partial charge is 0.444 e. The van der Waals surface area contributed by atoms with Crippen molar-refractivity contribution < 1.29 is 9.53 Å². The molecular weight excluding hydrogens is 262 g/mol. The quantitative estimate of drug-likeness (QED) is 0.861. The molecule has 8 heteroatoms. The van der Waals surface area contributed by atoms with Gasteiger partial charge in [-0.2, -0.15) is 4.68 Å². The van der Waals surface area contributed by atoms with Crippen molar-refractivity contribution in [1.82, 2.24) is 20.2 Å². The molecule has 0 radical (unpaired) electrons. The van der Waals surface area contributed by atoms with Crippen molar-refractivity contribution in [2.24, 2.45) is 0 Å². The van der Waals surface area contributed by atoms with Gasteiger partial charge in [0.1, 0.15) is 5.60 Å². The van der Waals surface area contributed by atoms with Gasteiger partial charge < -0.3 is 4.74 Å². The second-order valence-electron chi connectivity index (χ2n) is 5.10. The number of hydrogen-bond donors (Lipinski definition) is 2. The molecule has 8 nitrogen and oxygen atoms in total. The summed E-state index contributed by atoms with van der Waals surface area (Å²) in [6.45, 7) is 5.33. The smallest absolute Gasteiger partial charge is 0.412 e. The van der Waals surface area contributed by atoms with E-state index in [-0.39, 0.29) is 0 Å². The van der Waals surface area contributed by atoms with E-state index in [9.17, 15) is 9.59 Å². The number of aromatic amines is 1. The SMILES string of the molecule is CC(C)(C)OC(=O)Nc1cccc(-n2nn[nH]c2=O)c1. The molecule has 2 N–H and O–H groups in total. The number of rotatable bonds is 2. The third-order valence-corrected chi connectivity index (χ3v) is 2.21. The summed E-state index contributed by atoms with van der Waals surface area (Å²) in [5.41, 5.74) is -0.0616. The predicted molar refractivity (Wildman–Crippen MR) is 71.8 cm³/mol. The highest BCUT2D eigenvalue weighted by atomic mass is 16.6. The Morgan fingerprint density at radius 2 is 2.15 bits per heavy atom. The normalized spacial score (nSPS) is 11.2. The molecule has 0 aliphatic rings. The number of tetrazole rings is 1. The standard InChI is InChI=1S/C12H15N5O3/c1-12(2,3)20-11(19)13-8-5-4-6-9(7-8)17-10(18)14-15-16-17/h4-7H,1-3H3,(H,13,19)(H,14,16,18). The van der Waals surface area contributed by atoms with E-state index in [0.29, 0.717) is 11.4 Å². The van der Waals surface area contributed by atoms with Crippen molar-refractivity contribution in [1.29, 1.82) is 0 Å². The Morgan fingerprint density at radius 1 is 1.40 bits per heavy atom. The van der Waals surface area contributed by atoms with Crippen LogP contribution in [-0.2, 0) is 4.74 Å². The Labute approximate surface area is 114 Å². The monoisotopic (exact) mass is 277 g/mol. The van der Waals surface area contributed by atoms with E-state index in [1.54, 1.807) is 45.0 Å². The van der Waals surface area contributed by atoms with Crippen LogP contribution >= 0.6 is 0 Å². The number of anilines is 1. The molecule has 0 aliphatic heterocycles. The molecule has 0 saturated carbocycles. The molecule has 1 aromatic carbocycles. The molecule has 106 valence electrons. The first-order valence-corrected chi connectivity index (χ1v) is 5.96. The first kappa shape index (κ1) is 13.8. The van der Waals surface area contributed by atoms with Crippen LogP contribution in [0.4, 0.5) is 10.5 Å². The van der Waals surface area contributed by atoms with E-state index < -0.39 is 17.4 Å². The Balaban J connectivity index is 2.17. The fraction of sp³-hybridized carbons (Fsp3) is 0.333. The van der Waals surface area contributed by atoms with E-state index in [1.807, 2.05) is 0 Å². The topological polar surface area (TPSA) is 102 Å². The van der Waals surface area contributed by atoms with Crippen LogP contribution in [0.2, 0.25) is 0 Å². The van der Waals surface area contributed by atoms with Crippen molar-refractivity contribution in [2.45, 2.75) is 26.4 Å². The zero-order valence-electron chi connectivity index (χ0n) is 11.4. The van der Waals surface area contributed by atoms with Gasteiger partial charge in [0, 0.05) is 5.69 Å². The van der Waals surface area contributed by atoms with Gasteiger partial charge in [0.15, 0.2) is 0 Å². The number of nitrogens with zero attached hydrogens (tertiary/aromatic N) is 3. The van der Waals surface area contributed by atoms with Gasteiger partial charge in [-0.3, -0.25) is 5.32 Å². The van der Waals surface area contributed by atoms with Gasteiger partial charge in [0.2, 0.25) is 0 Å². The second-order valence-corrected chi connectivity index (χ2v) is 5.10. The molecule has 0 fully saturated rings. The molecule has 2 aromatic rings. The third kappa shape index (κ3) is 3.44. The maximum absolute atomic E-state index is 11.7. The Hall–Kier alpha value is -2.64. The van der Waals surface area contributed by atoms with Crippen LogP contribution in [-0.4, -0.2) is 31.9 Å². The van der Waals surface area contributed by atoms with Crippen molar-refractivity contribution in [2.75, 3.05) is 5.32 Å². The van der Waals surface area contributed by atoms with Gasteiger partial charge in [-0.15, -0.1) is 0 Å². The third-order valence-electron chi connectivity index (χ3n) is 2.21. The molecule has 0 atom stereocenters. The van der Waals surface area contributed by atoms with Crippen LogP contribution in [0.3, 0.4) is 0 Å². The number of ether oxygens (including phenoxy) is 1. The summed E-state index contributed by atoms with van der Waals surface area (Å²) >= 11 is 0. The summed E-state index contributed by atoms with van der Waals surface area (Å²) in [5.74, 6) is 0. The number of hydrogen-bond acceptors (Lipinski definition) is 5. The lowest BCUT2D eigenvalue weighted by Gasteiger charge is -2.19. The molecule has 2 rings (SSSR count). The highest BCUT2D eigenvalue weighted by molar-refractivity contribution is 5.85. The molecule has 1 aromatic heterocycles. The minimum atomic E-state index is -0.579. The maximum Gasteiger partial charge on any atom is 0.412 e. The lowest BCUT2D eigenvalue weighted by Crippen LogP contribution is -2.27. The maximum atomic E-state index is 11.7. The lowest BCUT2D eigenvalue weighted by atomic mass is 10.2. The number of carbonyl (C=O) groups excluding carboxylic acids is 1. The van der Waals surface area contributed by atoms with Crippen molar-refractivity contribution in [3.05, 3.63) is 34.7 Å². The number of amides is 1. The number of H-pyrrole nitrogens is 1. The van der Waals surface area contributed by atoms with E-state index in [0.717, 1.165) is 4.68 Å². The van der Waals surface area contributed by atoms with Crippen molar-refractivity contribution >= 4 is 11.8 Å². The predicted octanol–water partition coefficient (Wildman–Crippen LogP) is 1.30. The fourth-order valence-corrected chi connectivity index (χ4v) is 1.50. The number of benzene rings is 1. The second kappa shape index (κ2) is 5.16. The average Bonchev–Trinajstić information content (AvgIpc) is 2.73. The van der Waals surface area contributed by atoms with Crippen LogP contribution in [0.25, 0.3) is 5.69 Å². The molecule has 20 heavy (non-hydrogen) atoms. The average molecular weight is 277 g/mol. The van der Waals surface area contributed by atoms with E-state index in [2.05, 4.69) is 20.8 Å². The summed E-state index contributed by atoms with van der Waals surface area (Å²) in [4.78, 5) is 23.1. The molecule has 0 saturated heterocycles. The van der Waals surface area contributed by atoms with Gasteiger partial charge in [0.05, 0.1) is 5.69 Å². The summed E-state index contributed by atoms with van der Waals surface area (Å²) < 4.78 is 6.23. The minimum Gasteiger partial charge on any atom is -0.444 e. The molecule has 0 spiro atoms. The summed E-state index contributed by atoms with van der Waals surface area (Å²) in [6.07, 6.45) is -0.567. The fourth-order valence-electron chi connectivity index (χ4n) is 1.50. The van der Waals surface area contributed by atoms with Crippen LogP contribution in [0.5, 0.6) is 0 Å². The van der Waals surface area contributed by atoms with Crippen LogP contribution in [0, 0.1) is 0 Å². The number of aromatic nitrogens is 4. The van der Waals surface area contributed by atoms with E-state index in [1.165, 1.54) is 0 Å². The summed E-state index contributed by atoms with van der Waals surface area (Å²) in [7, 11) is 0. The van der Waals surface area contributed by atoms with Gasteiger partial charge >= 0.3 is 11.8 Å². The molecule has 1 amide bonds. The zero-order valence-corrected chi connectivity index (χ0v) is 11.4. The Kier molecular flexibility index (Phi) is 3.55. The first-order chi connectivity index (χ1) is 9.35. The van der Waals surface area contributed by atoms with Crippen molar-refractivity contribution in [3.63, 3.8) is 0 Å². The highest BCUT2D eigenvalue weighted by Gasteiger charge is 2.16. The summed E-state index contributed by atoms with van der Waals surface area (Å²) in [6, 6.07) is 6.62. The van der Waals surface area contributed by atoms with Crippen LogP contribution < -0.4 is 11.0 Å². The molecule has 0 unspecified atom stereocenters. The molecular formula is C12H15N5O3. The van der Waals surface area contributed by atoms with E-state index >= 15 is 0 Å².